The first-order chi connectivity index (χ1) is 12.7. The topological polar surface area (TPSA) is 20.3 Å². The molecule has 1 aliphatic heterocycles. The van der Waals surface area contributed by atoms with Crippen molar-refractivity contribution in [1.82, 2.24) is 4.90 Å². The second kappa shape index (κ2) is 7.33. The fourth-order valence-corrected chi connectivity index (χ4v) is 4.05. The highest BCUT2D eigenvalue weighted by Crippen LogP contribution is 2.36. The van der Waals surface area contributed by atoms with Crippen molar-refractivity contribution in [3.8, 4) is 0 Å². The van der Waals surface area contributed by atoms with Crippen molar-refractivity contribution in [2.75, 3.05) is 13.1 Å². The number of benzene rings is 2. The summed E-state index contributed by atoms with van der Waals surface area (Å²) in [5.74, 6) is 0.0728. The third kappa shape index (κ3) is 3.37. The van der Waals surface area contributed by atoms with Gasteiger partial charge in [-0.2, -0.15) is 0 Å². The van der Waals surface area contributed by atoms with Crippen molar-refractivity contribution >= 4 is 11.4 Å². The van der Waals surface area contributed by atoms with Crippen molar-refractivity contribution < 1.29 is 4.79 Å². The third-order valence-electron chi connectivity index (χ3n) is 5.42. The van der Waals surface area contributed by atoms with Crippen LogP contribution >= 0.6 is 0 Å². The first kappa shape index (κ1) is 16.8. The lowest BCUT2D eigenvalue weighted by atomic mass is 10.0. The van der Waals surface area contributed by atoms with Gasteiger partial charge in [0.25, 0.3) is 0 Å². The van der Waals surface area contributed by atoms with Gasteiger partial charge in [0, 0.05) is 36.3 Å². The van der Waals surface area contributed by atoms with Crippen LogP contribution in [0.2, 0.25) is 0 Å². The Morgan fingerprint density at radius 2 is 1.81 bits per heavy atom. The molecule has 0 aromatic heterocycles. The molecule has 132 valence electrons. The number of carbonyl (C=O) groups is 1. The summed E-state index contributed by atoms with van der Waals surface area (Å²) in [6.45, 7) is 4.28. The zero-order valence-electron chi connectivity index (χ0n) is 15.4. The van der Waals surface area contributed by atoms with Gasteiger partial charge >= 0.3 is 0 Å². The van der Waals surface area contributed by atoms with Crippen LogP contribution in [0.3, 0.4) is 0 Å². The van der Waals surface area contributed by atoms with E-state index in [1.54, 1.807) is 6.08 Å². The molecule has 1 heterocycles. The maximum atomic E-state index is 12.6. The van der Waals surface area contributed by atoms with Gasteiger partial charge in [0.05, 0.1) is 0 Å². The van der Waals surface area contributed by atoms with Gasteiger partial charge in [-0.3, -0.25) is 4.79 Å². The summed E-state index contributed by atoms with van der Waals surface area (Å²) in [6, 6.07) is 16.4. The van der Waals surface area contributed by atoms with Crippen LogP contribution in [0, 0.1) is 6.92 Å². The monoisotopic (exact) mass is 343 g/mol. The highest BCUT2D eigenvalue weighted by molar-refractivity contribution is 6.06. The lowest BCUT2D eigenvalue weighted by Crippen LogP contribution is -2.29. The van der Waals surface area contributed by atoms with Gasteiger partial charge in [0.2, 0.25) is 0 Å². The molecule has 4 rings (SSSR count). The zero-order chi connectivity index (χ0) is 17.9. The number of piperidine rings is 1. The Morgan fingerprint density at radius 3 is 2.62 bits per heavy atom. The van der Waals surface area contributed by atoms with Crippen molar-refractivity contribution in [3.63, 3.8) is 0 Å². The number of aryl methyl sites for hydroxylation is 1. The lowest BCUT2D eigenvalue weighted by Gasteiger charge is -2.30. The van der Waals surface area contributed by atoms with Gasteiger partial charge in [0.15, 0.2) is 5.78 Å². The van der Waals surface area contributed by atoms with Gasteiger partial charge in [-0.15, -0.1) is 0 Å². The van der Waals surface area contributed by atoms with E-state index in [4.69, 9.17) is 0 Å². The number of likely N-dealkylation sites (tertiary alicyclic amines) is 1. The van der Waals surface area contributed by atoms with Crippen molar-refractivity contribution in [3.05, 3.63) is 88.6 Å². The molecule has 0 amide bonds. The average molecular weight is 343 g/mol. The predicted molar refractivity (Wildman–Crippen MR) is 107 cm³/mol. The lowest BCUT2D eigenvalue weighted by molar-refractivity contribution is 0.104. The number of hydrogen-bond donors (Lipinski definition) is 0. The first-order valence-corrected chi connectivity index (χ1v) is 9.58. The molecular formula is C24H25NO. The highest BCUT2D eigenvalue weighted by Gasteiger charge is 2.24. The molecule has 0 spiro atoms. The van der Waals surface area contributed by atoms with E-state index in [-0.39, 0.29) is 5.78 Å². The van der Waals surface area contributed by atoms with E-state index in [0.717, 1.165) is 30.6 Å². The number of hydrogen-bond acceptors (Lipinski definition) is 2. The molecule has 0 atom stereocenters. The van der Waals surface area contributed by atoms with E-state index in [1.807, 2.05) is 37.3 Å². The van der Waals surface area contributed by atoms with E-state index in [1.165, 1.54) is 41.7 Å². The van der Waals surface area contributed by atoms with Crippen LogP contribution in [-0.2, 0) is 6.42 Å². The normalized spacial score (nSPS) is 17.0. The SMILES string of the molecule is Cc1cccc(C(=O)C=CC2=C(N3CCCCC3)Cc3ccccc32)c1. The zero-order valence-corrected chi connectivity index (χ0v) is 15.4. The number of allylic oxidation sites excluding steroid dienone is 4. The Hall–Kier alpha value is -2.61. The molecule has 0 N–H and O–H groups in total. The fraction of sp³-hybridized carbons (Fsp3) is 0.292. The maximum absolute atomic E-state index is 12.6. The number of fused-ring (bicyclic) bond motifs is 1. The molecule has 0 saturated carbocycles. The van der Waals surface area contributed by atoms with Crippen LogP contribution < -0.4 is 0 Å². The van der Waals surface area contributed by atoms with E-state index >= 15 is 0 Å². The number of nitrogens with zero attached hydrogens (tertiary/aromatic N) is 1. The van der Waals surface area contributed by atoms with Crippen LogP contribution in [0.4, 0.5) is 0 Å². The Balaban J connectivity index is 1.66. The minimum atomic E-state index is 0.0728. The highest BCUT2D eigenvalue weighted by atomic mass is 16.1. The van der Waals surface area contributed by atoms with Crippen molar-refractivity contribution in [2.45, 2.75) is 32.6 Å². The largest absolute Gasteiger partial charge is 0.374 e. The van der Waals surface area contributed by atoms with E-state index in [2.05, 4.69) is 29.2 Å². The Bertz CT molecular complexity index is 885. The summed E-state index contributed by atoms with van der Waals surface area (Å²) in [4.78, 5) is 15.2. The van der Waals surface area contributed by atoms with E-state index in [9.17, 15) is 4.79 Å². The summed E-state index contributed by atoms with van der Waals surface area (Å²) in [5, 5.41) is 0. The molecule has 1 aliphatic carbocycles. The molecule has 2 heteroatoms. The van der Waals surface area contributed by atoms with Crippen LogP contribution in [0.5, 0.6) is 0 Å². The van der Waals surface area contributed by atoms with Crippen molar-refractivity contribution in [2.24, 2.45) is 0 Å². The summed E-state index contributed by atoms with van der Waals surface area (Å²) >= 11 is 0. The third-order valence-corrected chi connectivity index (χ3v) is 5.42. The average Bonchev–Trinajstić information content (AvgIpc) is 3.05. The second-order valence-corrected chi connectivity index (χ2v) is 7.31. The van der Waals surface area contributed by atoms with Crippen LogP contribution in [0.15, 0.2) is 66.4 Å². The molecule has 2 aromatic carbocycles. The summed E-state index contributed by atoms with van der Waals surface area (Å²) < 4.78 is 0. The summed E-state index contributed by atoms with van der Waals surface area (Å²) in [7, 11) is 0. The standard InChI is InChI=1S/C24H25NO/c1-18-8-7-10-20(16-18)24(26)13-12-22-21-11-4-3-9-19(21)17-23(22)25-14-5-2-6-15-25/h3-4,7-13,16H,2,5-6,14-15,17H2,1H3. The Morgan fingerprint density at radius 1 is 1.00 bits per heavy atom. The van der Waals surface area contributed by atoms with Crippen molar-refractivity contribution in [1.29, 1.82) is 0 Å². The fourth-order valence-electron chi connectivity index (χ4n) is 4.05. The molecule has 0 unspecified atom stereocenters. The predicted octanol–water partition coefficient (Wildman–Crippen LogP) is 5.19. The number of ketones is 1. The quantitative estimate of drug-likeness (QED) is 0.563. The minimum absolute atomic E-state index is 0.0728. The van der Waals surface area contributed by atoms with Crippen LogP contribution in [-0.4, -0.2) is 23.8 Å². The molecule has 2 nitrogen and oxygen atoms in total. The molecule has 26 heavy (non-hydrogen) atoms. The minimum Gasteiger partial charge on any atom is -0.374 e. The van der Waals surface area contributed by atoms with Gasteiger partial charge in [0.1, 0.15) is 0 Å². The maximum Gasteiger partial charge on any atom is 0.185 e. The molecular weight excluding hydrogens is 318 g/mol. The molecule has 0 radical (unpaired) electrons. The van der Waals surface area contributed by atoms with Crippen LogP contribution in [0.25, 0.3) is 5.57 Å². The molecule has 0 bridgehead atoms. The molecule has 2 aromatic rings. The van der Waals surface area contributed by atoms with Gasteiger partial charge < -0.3 is 4.90 Å². The van der Waals surface area contributed by atoms with E-state index < -0.39 is 0 Å². The number of rotatable bonds is 4. The second-order valence-electron chi connectivity index (χ2n) is 7.31. The smallest absolute Gasteiger partial charge is 0.185 e. The van der Waals surface area contributed by atoms with Gasteiger partial charge in [-0.1, -0.05) is 48.0 Å². The van der Waals surface area contributed by atoms with Crippen LogP contribution in [0.1, 0.15) is 46.3 Å². The summed E-state index contributed by atoms with van der Waals surface area (Å²) in [5.41, 5.74) is 7.14. The molecule has 2 aliphatic rings. The Labute approximate surface area is 155 Å². The first-order valence-electron chi connectivity index (χ1n) is 9.58. The number of carbonyl (C=O) groups excluding carboxylic acids is 1. The Kier molecular flexibility index (Phi) is 4.75. The van der Waals surface area contributed by atoms with Gasteiger partial charge in [-0.05, 0) is 55.5 Å². The summed E-state index contributed by atoms with van der Waals surface area (Å²) in [6.07, 6.45) is 8.62. The molecule has 1 fully saturated rings. The van der Waals surface area contributed by atoms with E-state index in [0.29, 0.717) is 0 Å². The molecule has 1 saturated heterocycles. The van der Waals surface area contributed by atoms with Gasteiger partial charge in [-0.25, -0.2) is 0 Å².